The van der Waals surface area contributed by atoms with E-state index in [2.05, 4.69) is 0 Å². The maximum absolute atomic E-state index is 13.6. The SMILES string of the molecule is CCN(C)CC(=O)N1CCC[C@]2(C1)CN(C(=O)c1ccc(F)c(C)c1)CC[C@H]2O. The maximum atomic E-state index is 13.6. The molecule has 2 aliphatic heterocycles. The van der Waals surface area contributed by atoms with Gasteiger partial charge in [-0.2, -0.15) is 0 Å². The molecule has 2 amide bonds. The molecule has 2 heterocycles. The highest BCUT2D eigenvalue weighted by molar-refractivity contribution is 5.94. The first kappa shape index (κ1) is 21.7. The largest absolute Gasteiger partial charge is 0.392 e. The van der Waals surface area contributed by atoms with Crippen LogP contribution in [0.25, 0.3) is 0 Å². The molecule has 7 heteroatoms. The van der Waals surface area contributed by atoms with E-state index in [-0.39, 0.29) is 17.6 Å². The number of rotatable bonds is 4. The molecule has 6 nitrogen and oxygen atoms in total. The Labute approximate surface area is 172 Å². The lowest BCUT2D eigenvalue weighted by atomic mass is 9.71. The summed E-state index contributed by atoms with van der Waals surface area (Å²) >= 11 is 0. The molecule has 2 saturated heterocycles. The quantitative estimate of drug-likeness (QED) is 0.831. The Hall–Kier alpha value is -1.99. The van der Waals surface area contributed by atoms with Crippen LogP contribution in [-0.4, -0.2) is 84.0 Å². The van der Waals surface area contributed by atoms with Crippen molar-refractivity contribution in [2.75, 3.05) is 46.3 Å². The average molecular weight is 406 g/mol. The van der Waals surface area contributed by atoms with Crippen molar-refractivity contribution in [3.63, 3.8) is 0 Å². The summed E-state index contributed by atoms with van der Waals surface area (Å²) in [4.78, 5) is 31.3. The van der Waals surface area contributed by atoms with Crippen molar-refractivity contribution >= 4 is 11.8 Å². The van der Waals surface area contributed by atoms with E-state index in [0.717, 1.165) is 19.4 Å². The molecule has 1 aromatic rings. The van der Waals surface area contributed by atoms with Gasteiger partial charge >= 0.3 is 0 Å². The predicted molar refractivity (Wildman–Crippen MR) is 109 cm³/mol. The van der Waals surface area contributed by atoms with E-state index in [0.29, 0.717) is 50.3 Å². The zero-order valence-corrected chi connectivity index (χ0v) is 17.7. The van der Waals surface area contributed by atoms with E-state index in [1.54, 1.807) is 17.9 Å². The highest BCUT2D eigenvalue weighted by Crippen LogP contribution is 2.39. The van der Waals surface area contributed by atoms with Gasteiger partial charge in [0.15, 0.2) is 0 Å². The summed E-state index contributed by atoms with van der Waals surface area (Å²) in [6.07, 6.45) is 1.55. The van der Waals surface area contributed by atoms with Crippen molar-refractivity contribution in [2.45, 2.75) is 39.2 Å². The van der Waals surface area contributed by atoms with E-state index in [1.807, 2.05) is 23.8 Å². The molecular formula is C22H32FN3O3. The number of hydrogen-bond donors (Lipinski definition) is 1. The number of benzene rings is 1. The third-order valence-corrected chi connectivity index (χ3v) is 6.48. The molecule has 0 aliphatic carbocycles. The van der Waals surface area contributed by atoms with Gasteiger partial charge in [-0.05, 0) is 63.5 Å². The van der Waals surface area contributed by atoms with Gasteiger partial charge in [-0.1, -0.05) is 6.92 Å². The first-order valence-corrected chi connectivity index (χ1v) is 10.5. The Balaban J connectivity index is 1.75. The maximum Gasteiger partial charge on any atom is 0.253 e. The van der Waals surface area contributed by atoms with Gasteiger partial charge in [-0.25, -0.2) is 4.39 Å². The summed E-state index contributed by atoms with van der Waals surface area (Å²) in [7, 11) is 1.91. The zero-order chi connectivity index (χ0) is 21.2. The van der Waals surface area contributed by atoms with E-state index < -0.39 is 11.5 Å². The lowest BCUT2D eigenvalue weighted by Crippen LogP contribution is -2.61. The van der Waals surface area contributed by atoms with Gasteiger partial charge in [0.25, 0.3) is 5.91 Å². The molecule has 2 atom stereocenters. The molecule has 0 bridgehead atoms. The minimum absolute atomic E-state index is 0.0678. The van der Waals surface area contributed by atoms with Crippen molar-refractivity contribution in [1.29, 1.82) is 0 Å². The predicted octanol–water partition coefficient (Wildman–Crippen LogP) is 1.90. The highest BCUT2D eigenvalue weighted by atomic mass is 19.1. The molecular weight excluding hydrogens is 373 g/mol. The normalized spacial score (nSPS) is 25.0. The third-order valence-electron chi connectivity index (χ3n) is 6.48. The molecule has 0 aromatic heterocycles. The van der Waals surface area contributed by atoms with Crippen LogP contribution < -0.4 is 0 Å². The molecule has 0 saturated carbocycles. The lowest BCUT2D eigenvalue weighted by Gasteiger charge is -2.51. The van der Waals surface area contributed by atoms with Gasteiger partial charge in [0.1, 0.15) is 5.82 Å². The number of aliphatic hydroxyl groups excluding tert-OH is 1. The third kappa shape index (κ3) is 4.61. The zero-order valence-electron chi connectivity index (χ0n) is 17.7. The topological polar surface area (TPSA) is 64.1 Å². The molecule has 3 rings (SSSR count). The number of likely N-dealkylation sites (tertiary alicyclic amines) is 2. The lowest BCUT2D eigenvalue weighted by molar-refractivity contribution is -0.141. The molecule has 1 aromatic carbocycles. The number of amides is 2. The molecule has 29 heavy (non-hydrogen) atoms. The Morgan fingerprint density at radius 1 is 1.28 bits per heavy atom. The van der Waals surface area contributed by atoms with Crippen LogP contribution in [0.15, 0.2) is 18.2 Å². The van der Waals surface area contributed by atoms with Gasteiger partial charge in [0.05, 0.1) is 12.6 Å². The van der Waals surface area contributed by atoms with E-state index in [4.69, 9.17) is 0 Å². The van der Waals surface area contributed by atoms with Gasteiger partial charge in [-0.3, -0.25) is 14.5 Å². The van der Waals surface area contributed by atoms with Gasteiger partial charge in [0.2, 0.25) is 5.91 Å². The highest BCUT2D eigenvalue weighted by Gasteiger charge is 2.47. The fraction of sp³-hybridized carbons (Fsp3) is 0.636. The molecule has 160 valence electrons. The van der Waals surface area contributed by atoms with E-state index in [1.165, 1.54) is 12.1 Å². The fourth-order valence-corrected chi connectivity index (χ4v) is 4.50. The summed E-state index contributed by atoms with van der Waals surface area (Å²) in [5.41, 5.74) is 0.405. The summed E-state index contributed by atoms with van der Waals surface area (Å²) < 4.78 is 13.6. The summed E-state index contributed by atoms with van der Waals surface area (Å²) in [6.45, 7) is 6.85. The van der Waals surface area contributed by atoms with Crippen LogP contribution in [0.2, 0.25) is 0 Å². The van der Waals surface area contributed by atoms with Crippen LogP contribution in [0.1, 0.15) is 42.1 Å². The van der Waals surface area contributed by atoms with E-state index >= 15 is 0 Å². The van der Waals surface area contributed by atoms with Gasteiger partial charge < -0.3 is 14.9 Å². The van der Waals surface area contributed by atoms with Gasteiger partial charge in [-0.15, -0.1) is 0 Å². The fourth-order valence-electron chi connectivity index (χ4n) is 4.50. The van der Waals surface area contributed by atoms with Crippen molar-refractivity contribution in [2.24, 2.45) is 5.41 Å². The molecule has 2 fully saturated rings. The number of likely N-dealkylation sites (N-methyl/N-ethyl adjacent to an activating group) is 1. The van der Waals surface area contributed by atoms with Crippen molar-refractivity contribution < 1.29 is 19.1 Å². The molecule has 0 radical (unpaired) electrons. The Kier molecular flexibility index (Phi) is 6.58. The second-order valence-electron chi connectivity index (χ2n) is 8.61. The van der Waals surface area contributed by atoms with Crippen molar-refractivity contribution in [1.82, 2.24) is 14.7 Å². The summed E-state index contributed by atoms with van der Waals surface area (Å²) in [5, 5.41) is 10.8. The number of aliphatic hydroxyl groups is 1. The van der Waals surface area contributed by atoms with Crippen molar-refractivity contribution in [3.8, 4) is 0 Å². The van der Waals surface area contributed by atoms with Gasteiger partial charge in [0, 0.05) is 37.2 Å². The number of carbonyl (C=O) groups is 2. The van der Waals surface area contributed by atoms with Crippen LogP contribution in [-0.2, 0) is 4.79 Å². The smallest absolute Gasteiger partial charge is 0.253 e. The Morgan fingerprint density at radius 2 is 2.00 bits per heavy atom. The minimum Gasteiger partial charge on any atom is -0.392 e. The summed E-state index contributed by atoms with van der Waals surface area (Å²) in [5.74, 6) is -0.405. The first-order chi connectivity index (χ1) is 13.8. The average Bonchev–Trinajstić information content (AvgIpc) is 2.71. The molecule has 2 aliphatic rings. The van der Waals surface area contributed by atoms with Crippen LogP contribution in [0, 0.1) is 18.2 Å². The van der Waals surface area contributed by atoms with Crippen LogP contribution in [0.3, 0.4) is 0 Å². The molecule has 1 N–H and O–H groups in total. The standard InChI is InChI=1S/C22H32FN3O3/c1-4-24(3)13-20(28)25-10-5-9-22(14-25)15-26(11-8-19(22)27)21(29)17-6-7-18(23)16(2)12-17/h6-7,12,19,27H,4-5,8-11,13-15H2,1-3H3/t19-,22+/m1/s1. The number of halogens is 1. The molecule has 0 unspecified atom stereocenters. The Bertz CT molecular complexity index is 772. The number of piperidine rings is 2. The Morgan fingerprint density at radius 3 is 2.69 bits per heavy atom. The van der Waals surface area contributed by atoms with Crippen LogP contribution >= 0.6 is 0 Å². The minimum atomic E-state index is -0.541. The number of hydrogen-bond acceptors (Lipinski definition) is 4. The van der Waals surface area contributed by atoms with Crippen LogP contribution in [0.5, 0.6) is 0 Å². The second kappa shape index (κ2) is 8.79. The van der Waals surface area contributed by atoms with E-state index in [9.17, 15) is 19.1 Å². The second-order valence-corrected chi connectivity index (χ2v) is 8.61. The summed E-state index contributed by atoms with van der Waals surface area (Å²) in [6, 6.07) is 4.41. The monoisotopic (exact) mass is 405 g/mol. The number of carbonyl (C=O) groups excluding carboxylic acids is 2. The first-order valence-electron chi connectivity index (χ1n) is 10.5. The van der Waals surface area contributed by atoms with Crippen LogP contribution in [0.4, 0.5) is 4.39 Å². The van der Waals surface area contributed by atoms with Crippen molar-refractivity contribution in [3.05, 3.63) is 35.1 Å². The number of aryl methyl sites for hydroxylation is 1. The number of nitrogens with zero attached hydrogens (tertiary/aromatic N) is 3. The molecule has 1 spiro atoms.